The van der Waals surface area contributed by atoms with E-state index in [2.05, 4.69) is 37.0 Å². The summed E-state index contributed by atoms with van der Waals surface area (Å²) in [6.07, 6.45) is -0.0766. The summed E-state index contributed by atoms with van der Waals surface area (Å²) in [5.41, 5.74) is 1.29. The predicted octanol–water partition coefficient (Wildman–Crippen LogP) is 2.16. The van der Waals surface area contributed by atoms with Crippen molar-refractivity contribution in [3.63, 3.8) is 0 Å². The number of benzene rings is 1. The van der Waals surface area contributed by atoms with Crippen LogP contribution in [-0.2, 0) is 4.79 Å². The molecule has 0 radical (unpaired) electrons. The van der Waals surface area contributed by atoms with Gasteiger partial charge in [0.15, 0.2) is 6.29 Å². The maximum absolute atomic E-state index is 12.4. The normalized spacial score (nSPS) is 20.5. The van der Waals surface area contributed by atoms with Crippen LogP contribution in [0.25, 0.3) is 0 Å². The molecule has 3 rings (SSSR count). The van der Waals surface area contributed by atoms with E-state index >= 15 is 0 Å². The third-order valence-electron chi connectivity index (χ3n) is 3.68. The Bertz CT molecular complexity index is 771. The summed E-state index contributed by atoms with van der Waals surface area (Å²) >= 11 is 3.35. The van der Waals surface area contributed by atoms with Gasteiger partial charge in [0.25, 0.3) is 5.91 Å². The maximum Gasteiger partial charge on any atom is 0.256 e. The molecule has 0 saturated carbocycles. The Kier molecular flexibility index (Phi) is 4.68. The molecule has 2 amide bonds. The van der Waals surface area contributed by atoms with Gasteiger partial charge in [-0.3, -0.25) is 14.9 Å². The lowest BCUT2D eigenvalue weighted by molar-refractivity contribution is -0.125. The maximum atomic E-state index is 12.4. The minimum atomic E-state index is -0.491. The Balaban J connectivity index is 1.82. The number of anilines is 1. The van der Waals surface area contributed by atoms with Crippen molar-refractivity contribution in [1.29, 1.82) is 0 Å². The summed E-state index contributed by atoms with van der Waals surface area (Å²) in [7, 11) is 0. The highest BCUT2D eigenvalue weighted by Gasteiger charge is 2.26. The first-order valence-corrected chi connectivity index (χ1v) is 8.40. The van der Waals surface area contributed by atoms with E-state index in [0.717, 1.165) is 10.2 Å². The zero-order valence-corrected chi connectivity index (χ0v) is 14.9. The summed E-state index contributed by atoms with van der Waals surface area (Å²) in [5, 5.41) is 13.3. The van der Waals surface area contributed by atoms with Gasteiger partial charge in [0, 0.05) is 28.6 Å². The van der Waals surface area contributed by atoms with Crippen molar-refractivity contribution in [2.45, 2.75) is 32.6 Å². The highest BCUT2D eigenvalue weighted by molar-refractivity contribution is 9.10. The van der Waals surface area contributed by atoms with E-state index in [1.807, 2.05) is 26.0 Å². The van der Waals surface area contributed by atoms with E-state index in [9.17, 15) is 9.59 Å². The first-order chi connectivity index (χ1) is 11.4. The van der Waals surface area contributed by atoms with Crippen LogP contribution in [0, 0.1) is 6.92 Å². The van der Waals surface area contributed by atoms with E-state index in [0.29, 0.717) is 17.8 Å². The van der Waals surface area contributed by atoms with Crippen molar-refractivity contribution in [2.75, 3.05) is 5.32 Å². The number of nitrogens with zero attached hydrogens (tertiary/aromatic N) is 2. The lowest BCUT2D eigenvalue weighted by Gasteiger charge is -2.30. The fourth-order valence-electron chi connectivity index (χ4n) is 2.59. The van der Waals surface area contributed by atoms with Crippen LogP contribution in [0.1, 0.15) is 35.7 Å². The lowest BCUT2D eigenvalue weighted by Crippen LogP contribution is -2.52. The number of hydrogen-bond donors (Lipinski definition) is 3. The number of carbonyl (C=O) groups excluding carboxylic acids is 2. The van der Waals surface area contributed by atoms with Gasteiger partial charge in [0.2, 0.25) is 5.91 Å². The zero-order valence-electron chi connectivity index (χ0n) is 13.3. The van der Waals surface area contributed by atoms with Crippen molar-refractivity contribution in [3.05, 3.63) is 46.1 Å². The monoisotopic (exact) mass is 391 g/mol. The van der Waals surface area contributed by atoms with E-state index in [4.69, 9.17) is 0 Å². The first kappa shape index (κ1) is 16.7. The van der Waals surface area contributed by atoms with Gasteiger partial charge in [-0.2, -0.15) is 5.10 Å². The van der Waals surface area contributed by atoms with Crippen LogP contribution < -0.4 is 16.0 Å². The van der Waals surface area contributed by atoms with Crippen molar-refractivity contribution < 1.29 is 9.59 Å². The summed E-state index contributed by atoms with van der Waals surface area (Å²) in [6.45, 7) is 3.77. The Morgan fingerprint density at radius 3 is 2.75 bits per heavy atom. The van der Waals surface area contributed by atoms with Gasteiger partial charge in [-0.25, -0.2) is 4.68 Å². The van der Waals surface area contributed by atoms with Crippen LogP contribution in [0.15, 0.2) is 34.8 Å². The fraction of sp³-hybridized carbons (Fsp3) is 0.312. The Hall–Kier alpha value is -2.19. The summed E-state index contributed by atoms with van der Waals surface area (Å²) in [5.74, 6) is 0.232. The van der Waals surface area contributed by atoms with Crippen molar-refractivity contribution >= 4 is 33.6 Å². The highest BCUT2D eigenvalue weighted by atomic mass is 79.9. The molecule has 0 bridgehead atoms. The van der Waals surface area contributed by atoms with Gasteiger partial charge in [0.05, 0.1) is 5.69 Å². The number of aromatic nitrogens is 2. The molecule has 2 heterocycles. The predicted molar refractivity (Wildman–Crippen MR) is 93.5 cm³/mol. The molecule has 1 aromatic carbocycles. The average Bonchev–Trinajstić information content (AvgIpc) is 2.87. The van der Waals surface area contributed by atoms with Crippen LogP contribution in [0.4, 0.5) is 5.82 Å². The summed E-state index contributed by atoms with van der Waals surface area (Å²) in [6, 6.07) is 8.88. The highest BCUT2D eigenvalue weighted by Crippen LogP contribution is 2.18. The van der Waals surface area contributed by atoms with Gasteiger partial charge in [0.1, 0.15) is 5.82 Å². The van der Waals surface area contributed by atoms with Gasteiger partial charge < -0.3 is 10.6 Å². The second-order valence-corrected chi connectivity index (χ2v) is 6.73. The standard InChI is InChI=1S/C16H18BrN5O2/c1-9-8-14(23)20-16(18-9)22-13(7-10(2)21-22)19-15(24)11-3-5-12(17)6-4-11/h3-7,9,16,18H,8H2,1-2H3,(H,19,24)(H,20,23). The molecule has 7 nitrogen and oxygen atoms in total. The van der Waals surface area contributed by atoms with E-state index in [-0.39, 0.29) is 17.9 Å². The van der Waals surface area contributed by atoms with Crippen LogP contribution in [0.5, 0.6) is 0 Å². The van der Waals surface area contributed by atoms with Crippen molar-refractivity contribution in [3.8, 4) is 0 Å². The van der Waals surface area contributed by atoms with E-state index in [1.54, 1.807) is 22.9 Å². The van der Waals surface area contributed by atoms with Crippen LogP contribution in [-0.4, -0.2) is 27.6 Å². The van der Waals surface area contributed by atoms with Gasteiger partial charge >= 0.3 is 0 Å². The quantitative estimate of drug-likeness (QED) is 0.747. The second kappa shape index (κ2) is 6.74. The molecule has 1 aliphatic rings. The molecule has 1 aromatic heterocycles. The number of nitrogens with one attached hydrogen (secondary N) is 3. The van der Waals surface area contributed by atoms with Crippen molar-refractivity contribution in [2.24, 2.45) is 0 Å². The van der Waals surface area contributed by atoms with Crippen LogP contribution in [0.3, 0.4) is 0 Å². The molecule has 2 unspecified atom stereocenters. The summed E-state index contributed by atoms with van der Waals surface area (Å²) in [4.78, 5) is 24.2. The molecule has 2 atom stereocenters. The molecular formula is C16H18BrN5O2. The molecule has 1 saturated heterocycles. The number of aryl methyl sites for hydroxylation is 1. The smallest absolute Gasteiger partial charge is 0.256 e. The number of halogens is 1. The van der Waals surface area contributed by atoms with Crippen LogP contribution in [0.2, 0.25) is 0 Å². The minimum Gasteiger partial charge on any atom is -0.322 e. The Morgan fingerprint density at radius 1 is 1.38 bits per heavy atom. The van der Waals surface area contributed by atoms with Crippen LogP contribution >= 0.6 is 15.9 Å². The van der Waals surface area contributed by atoms with Gasteiger partial charge in [-0.15, -0.1) is 0 Å². The molecule has 24 heavy (non-hydrogen) atoms. The number of amides is 2. The third kappa shape index (κ3) is 3.65. The Labute approximate surface area is 147 Å². The first-order valence-electron chi connectivity index (χ1n) is 7.61. The fourth-order valence-corrected chi connectivity index (χ4v) is 2.85. The lowest BCUT2D eigenvalue weighted by atomic mass is 10.2. The zero-order chi connectivity index (χ0) is 17.3. The molecule has 0 spiro atoms. The third-order valence-corrected chi connectivity index (χ3v) is 4.21. The van der Waals surface area contributed by atoms with E-state index < -0.39 is 6.29 Å². The molecule has 2 aromatic rings. The van der Waals surface area contributed by atoms with Gasteiger partial charge in [-0.05, 0) is 38.1 Å². The average molecular weight is 392 g/mol. The molecule has 0 aliphatic carbocycles. The molecular weight excluding hydrogens is 374 g/mol. The summed E-state index contributed by atoms with van der Waals surface area (Å²) < 4.78 is 2.49. The van der Waals surface area contributed by atoms with E-state index in [1.165, 1.54) is 0 Å². The molecule has 1 aliphatic heterocycles. The molecule has 126 valence electrons. The Morgan fingerprint density at radius 2 is 2.08 bits per heavy atom. The minimum absolute atomic E-state index is 0.0308. The number of carbonyl (C=O) groups is 2. The number of rotatable bonds is 3. The SMILES string of the molecule is Cc1cc(NC(=O)c2ccc(Br)cc2)n(C2NC(=O)CC(C)N2)n1. The van der Waals surface area contributed by atoms with Crippen molar-refractivity contribution in [1.82, 2.24) is 20.4 Å². The largest absolute Gasteiger partial charge is 0.322 e. The van der Waals surface area contributed by atoms with Gasteiger partial charge in [-0.1, -0.05) is 15.9 Å². The topological polar surface area (TPSA) is 88.0 Å². The number of hydrogen-bond acceptors (Lipinski definition) is 4. The molecule has 1 fully saturated rings. The second-order valence-electron chi connectivity index (χ2n) is 5.82. The molecule has 3 N–H and O–H groups in total. The molecule has 8 heteroatoms.